The molecule has 0 aliphatic carbocycles. The van der Waals surface area contributed by atoms with Crippen LogP contribution in [0.1, 0.15) is 31.7 Å². The van der Waals surface area contributed by atoms with Gasteiger partial charge in [-0.1, -0.05) is 13.3 Å². The van der Waals surface area contributed by atoms with Crippen molar-refractivity contribution in [1.82, 2.24) is 5.32 Å². The fourth-order valence-electron chi connectivity index (χ4n) is 2.04. The molecule has 0 spiro atoms. The first kappa shape index (κ1) is 13.7. The molecule has 92 valence electrons. The third kappa shape index (κ3) is 4.24. The van der Waals surface area contributed by atoms with Gasteiger partial charge in [-0.05, 0) is 48.7 Å². The van der Waals surface area contributed by atoms with E-state index in [2.05, 4.69) is 29.1 Å². The number of hydrogen-bond donors (Lipinski definition) is 1. The molecule has 0 radical (unpaired) electrons. The number of rotatable bonds is 8. The van der Waals surface area contributed by atoms with Crippen LogP contribution in [0, 0.1) is 0 Å². The van der Waals surface area contributed by atoms with Gasteiger partial charge in [0.15, 0.2) is 0 Å². The van der Waals surface area contributed by atoms with Crippen LogP contribution < -0.4 is 5.32 Å². The van der Waals surface area contributed by atoms with Gasteiger partial charge in [0.2, 0.25) is 0 Å². The first-order valence-electron chi connectivity index (χ1n) is 6.03. The van der Waals surface area contributed by atoms with E-state index in [1.54, 1.807) is 11.3 Å². The van der Waals surface area contributed by atoms with Crippen LogP contribution in [0.5, 0.6) is 0 Å². The second-order valence-corrected chi connectivity index (χ2v) is 4.91. The van der Waals surface area contributed by atoms with Crippen LogP contribution in [0.15, 0.2) is 16.8 Å². The summed E-state index contributed by atoms with van der Waals surface area (Å²) in [4.78, 5) is 0. The van der Waals surface area contributed by atoms with Gasteiger partial charge in [0.1, 0.15) is 0 Å². The van der Waals surface area contributed by atoms with E-state index in [1.165, 1.54) is 12.0 Å². The van der Waals surface area contributed by atoms with Gasteiger partial charge in [0.25, 0.3) is 0 Å². The maximum Gasteiger partial charge on any atom is 0.0724 e. The fraction of sp³-hybridized carbons (Fsp3) is 0.692. The number of hydrogen-bond acceptors (Lipinski definition) is 3. The van der Waals surface area contributed by atoms with Crippen molar-refractivity contribution in [1.29, 1.82) is 0 Å². The van der Waals surface area contributed by atoms with Gasteiger partial charge in [-0.3, -0.25) is 0 Å². The molecule has 1 aromatic heterocycles. The molecular weight excluding hydrogens is 218 g/mol. The van der Waals surface area contributed by atoms with Crippen LogP contribution in [-0.4, -0.2) is 26.3 Å². The second kappa shape index (κ2) is 7.82. The van der Waals surface area contributed by atoms with E-state index < -0.39 is 0 Å². The first-order chi connectivity index (χ1) is 7.81. The monoisotopic (exact) mass is 241 g/mol. The van der Waals surface area contributed by atoms with Crippen molar-refractivity contribution >= 4 is 11.3 Å². The first-order valence-corrected chi connectivity index (χ1v) is 6.97. The third-order valence-electron chi connectivity index (χ3n) is 3.02. The Kier molecular flexibility index (Phi) is 6.69. The Morgan fingerprint density at radius 1 is 1.44 bits per heavy atom. The van der Waals surface area contributed by atoms with Crippen molar-refractivity contribution in [3.8, 4) is 0 Å². The predicted octanol–water partition coefficient (Wildman–Crippen LogP) is 3.08. The molecule has 0 saturated heterocycles. The highest BCUT2D eigenvalue weighted by molar-refractivity contribution is 7.07. The van der Waals surface area contributed by atoms with Gasteiger partial charge in [-0.15, -0.1) is 0 Å². The SMILES string of the molecule is CCCC(OC)C(CCc1ccsc1)NC. The molecule has 0 bridgehead atoms. The van der Waals surface area contributed by atoms with E-state index in [0.717, 1.165) is 19.3 Å². The summed E-state index contributed by atoms with van der Waals surface area (Å²) < 4.78 is 5.55. The summed E-state index contributed by atoms with van der Waals surface area (Å²) in [6.07, 6.45) is 4.93. The van der Waals surface area contributed by atoms with E-state index in [4.69, 9.17) is 4.74 Å². The minimum Gasteiger partial charge on any atom is -0.380 e. The highest BCUT2D eigenvalue weighted by atomic mass is 32.1. The number of methoxy groups -OCH3 is 1. The van der Waals surface area contributed by atoms with E-state index in [-0.39, 0.29) is 0 Å². The zero-order valence-electron chi connectivity index (χ0n) is 10.5. The molecular formula is C13H23NOS. The molecule has 0 aliphatic rings. The molecule has 16 heavy (non-hydrogen) atoms. The Balaban J connectivity index is 2.40. The molecule has 2 atom stereocenters. The summed E-state index contributed by atoms with van der Waals surface area (Å²) in [5.41, 5.74) is 1.44. The van der Waals surface area contributed by atoms with Gasteiger partial charge < -0.3 is 10.1 Å². The highest BCUT2D eigenvalue weighted by Gasteiger charge is 2.18. The van der Waals surface area contributed by atoms with Gasteiger partial charge >= 0.3 is 0 Å². The predicted molar refractivity (Wildman–Crippen MR) is 71.2 cm³/mol. The topological polar surface area (TPSA) is 21.3 Å². The molecule has 0 aliphatic heterocycles. The molecule has 1 rings (SSSR count). The van der Waals surface area contributed by atoms with Crippen LogP contribution in [-0.2, 0) is 11.2 Å². The standard InChI is InChI=1S/C13H23NOS/c1-4-5-13(15-3)12(14-2)7-6-11-8-9-16-10-11/h8-10,12-14H,4-7H2,1-3H3. The van der Waals surface area contributed by atoms with Crippen LogP contribution in [0.2, 0.25) is 0 Å². The van der Waals surface area contributed by atoms with Crippen molar-refractivity contribution in [2.45, 2.75) is 44.8 Å². The average molecular weight is 241 g/mol. The molecule has 1 heterocycles. The number of ether oxygens (including phenoxy) is 1. The maximum absolute atomic E-state index is 5.55. The van der Waals surface area contributed by atoms with Crippen molar-refractivity contribution in [2.75, 3.05) is 14.2 Å². The number of aryl methyl sites for hydroxylation is 1. The minimum atomic E-state index is 0.341. The van der Waals surface area contributed by atoms with Crippen molar-refractivity contribution < 1.29 is 4.74 Å². The largest absolute Gasteiger partial charge is 0.380 e. The van der Waals surface area contributed by atoms with Crippen molar-refractivity contribution in [2.24, 2.45) is 0 Å². The van der Waals surface area contributed by atoms with Gasteiger partial charge in [-0.25, -0.2) is 0 Å². The average Bonchev–Trinajstić information content (AvgIpc) is 2.81. The fourth-order valence-corrected chi connectivity index (χ4v) is 2.74. The van der Waals surface area contributed by atoms with E-state index in [1.807, 2.05) is 14.2 Å². The van der Waals surface area contributed by atoms with Crippen LogP contribution >= 0.6 is 11.3 Å². The molecule has 2 nitrogen and oxygen atoms in total. The third-order valence-corrected chi connectivity index (χ3v) is 3.75. The Hall–Kier alpha value is -0.380. The summed E-state index contributed by atoms with van der Waals surface area (Å²) in [7, 11) is 3.84. The van der Waals surface area contributed by atoms with Gasteiger partial charge in [-0.2, -0.15) is 11.3 Å². The lowest BCUT2D eigenvalue weighted by atomic mass is 9.99. The summed E-state index contributed by atoms with van der Waals surface area (Å²) in [6, 6.07) is 2.67. The molecule has 1 aromatic rings. The summed E-state index contributed by atoms with van der Waals surface area (Å²) >= 11 is 1.77. The summed E-state index contributed by atoms with van der Waals surface area (Å²) in [5.74, 6) is 0. The van der Waals surface area contributed by atoms with Crippen LogP contribution in [0.4, 0.5) is 0 Å². The van der Waals surface area contributed by atoms with E-state index in [9.17, 15) is 0 Å². The zero-order valence-corrected chi connectivity index (χ0v) is 11.3. The Morgan fingerprint density at radius 2 is 2.25 bits per heavy atom. The van der Waals surface area contributed by atoms with Crippen molar-refractivity contribution in [3.05, 3.63) is 22.4 Å². The van der Waals surface area contributed by atoms with Crippen LogP contribution in [0.3, 0.4) is 0 Å². The lowest BCUT2D eigenvalue weighted by Crippen LogP contribution is -2.39. The minimum absolute atomic E-state index is 0.341. The smallest absolute Gasteiger partial charge is 0.0724 e. The molecule has 0 amide bonds. The maximum atomic E-state index is 5.55. The summed E-state index contributed by atoms with van der Waals surface area (Å²) in [5, 5.41) is 7.75. The zero-order chi connectivity index (χ0) is 11.8. The Morgan fingerprint density at radius 3 is 2.75 bits per heavy atom. The van der Waals surface area contributed by atoms with Crippen molar-refractivity contribution in [3.63, 3.8) is 0 Å². The molecule has 1 N–H and O–H groups in total. The quantitative estimate of drug-likeness (QED) is 0.755. The molecule has 0 fully saturated rings. The lowest BCUT2D eigenvalue weighted by molar-refractivity contribution is 0.0607. The number of nitrogens with one attached hydrogen (secondary N) is 1. The number of likely N-dealkylation sites (N-methyl/N-ethyl adjacent to an activating group) is 1. The molecule has 2 unspecified atom stereocenters. The van der Waals surface area contributed by atoms with Gasteiger partial charge in [0.05, 0.1) is 6.10 Å². The van der Waals surface area contributed by atoms with Gasteiger partial charge in [0, 0.05) is 13.2 Å². The molecule has 0 saturated carbocycles. The Bertz CT molecular complexity index is 261. The number of thiophene rings is 1. The summed E-state index contributed by atoms with van der Waals surface area (Å²) in [6.45, 7) is 2.21. The molecule has 0 aromatic carbocycles. The van der Waals surface area contributed by atoms with Crippen LogP contribution in [0.25, 0.3) is 0 Å². The van der Waals surface area contributed by atoms with E-state index >= 15 is 0 Å². The second-order valence-electron chi connectivity index (χ2n) is 4.13. The Labute approximate surface area is 103 Å². The highest BCUT2D eigenvalue weighted by Crippen LogP contribution is 2.14. The van der Waals surface area contributed by atoms with E-state index in [0.29, 0.717) is 12.1 Å². The molecule has 3 heteroatoms. The normalized spacial score (nSPS) is 14.9. The lowest BCUT2D eigenvalue weighted by Gasteiger charge is -2.25.